The lowest BCUT2D eigenvalue weighted by atomic mass is 10.1. The van der Waals surface area contributed by atoms with Crippen LogP contribution in [-0.4, -0.2) is 37.4 Å². The molecular formula is C21H19BrN2O5. The molecular weight excluding hydrogens is 440 g/mol. The Morgan fingerprint density at radius 1 is 1.17 bits per heavy atom. The van der Waals surface area contributed by atoms with Crippen molar-refractivity contribution in [2.45, 2.75) is 12.7 Å². The molecule has 7 nitrogen and oxygen atoms in total. The molecule has 1 unspecified atom stereocenters. The maximum Gasteiger partial charge on any atom is 0.312 e. The van der Waals surface area contributed by atoms with E-state index in [1.807, 2.05) is 42.5 Å². The summed E-state index contributed by atoms with van der Waals surface area (Å²) < 4.78 is 22.7. The lowest BCUT2D eigenvalue weighted by Crippen LogP contribution is -2.25. The van der Waals surface area contributed by atoms with Crippen molar-refractivity contribution in [2.24, 2.45) is 5.10 Å². The third-order valence-electron chi connectivity index (χ3n) is 4.66. The van der Waals surface area contributed by atoms with Crippen molar-refractivity contribution in [2.75, 3.05) is 20.8 Å². The monoisotopic (exact) mass is 458 g/mol. The summed E-state index contributed by atoms with van der Waals surface area (Å²) in [4.78, 5) is 12.8. The molecule has 2 aromatic rings. The van der Waals surface area contributed by atoms with Crippen molar-refractivity contribution >= 4 is 27.5 Å². The van der Waals surface area contributed by atoms with Gasteiger partial charge in [0.2, 0.25) is 5.76 Å². The minimum absolute atomic E-state index is 0.128. The quantitative estimate of drug-likeness (QED) is 0.677. The Morgan fingerprint density at radius 3 is 2.72 bits per heavy atom. The molecule has 0 saturated heterocycles. The highest BCUT2D eigenvalue weighted by atomic mass is 79.9. The zero-order valence-corrected chi connectivity index (χ0v) is 17.5. The van der Waals surface area contributed by atoms with Crippen molar-refractivity contribution in [3.63, 3.8) is 0 Å². The summed E-state index contributed by atoms with van der Waals surface area (Å²) in [5.74, 6) is 1.05. The fourth-order valence-electron chi connectivity index (χ4n) is 3.15. The molecule has 1 amide bonds. The lowest BCUT2D eigenvalue weighted by Gasteiger charge is -2.15. The molecule has 2 heterocycles. The number of nitrogens with zero attached hydrogens (tertiary/aromatic N) is 2. The van der Waals surface area contributed by atoms with Crippen LogP contribution in [0.15, 0.2) is 64.1 Å². The first kappa shape index (κ1) is 19.3. The maximum atomic E-state index is 12.8. The van der Waals surface area contributed by atoms with Gasteiger partial charge in [0.25, 0.3) is 6.29 Å². The second kappa shape index (κ2) is 8.16. The SMILES string of the molecule is COc1ccc(C2=NN(C(=O)C3=COC(c4ccccc4Br)O3)CC2)cc1OC. The number of rotatable bonds is 5. The van der Waals surface area contributed by atoms with Crippen molar-refractivity contribution in [3.05, 3.63) is 70.1 Å². The van der Waals surface area contributed by atoms with Gasteiger partial charge in [-0.05, 0) is 24.3 Å². The number of carbonyl (C=O) groups excluding carboxylic acids is 1. The van der Waals surface area contributed by atoms with Crippen LogP contribution < -0.4 is 9.47 Å². The van der Waals surface area contributed by atoms with E-state index in [0.717, 1.165) is 21.3 Å². The molecule has 0 spiro atoms. The van der Waals surface area contributed by atoms with Gasteiger partial charge in [0, 0.05) is 22.0 Å². The summed E-state index contributed by atoms with van der Waals surface area (Å²) in [5, 5.41) is 5.86. The van der Waals surface area contributed by atoms with Crippen molar-refractivity contribution in [1.29, 1.82) is 0 Å². The second-order valence-corrected chi connectivity index (χ2v) is 7.24. The fourth-order valence-corrected chi connectivity index (χ4v) is 3.62. The van der Waals surface area contributed by atoms with E-state index in [2.05, 4.69) is 21.0 Å². The van der Waals surface area contributed by atoms with Crippen molar-refractivity contribution < 1.29 is 23.7 Å². The molecule has 0 aromatic heterocycles. The van der Waals surface area contributed by atoms with Gasteiger partial charge in [0.15, 0.2) is 11.5 Å². The van der Waals surface area contributed by atoms with Crippen LogP contribution in [-0.2, 0) is 14.3 Å². The number of amides is 1. The van der Waals surface area contributed by atoms with Gasteiger partial charge in [0.05, 0.1) is 26.5 Å². The number of methoxy groups -OCH3 is 2. The number of hydrazone groups is 1. The van der Waals surface area contributed by atoms with Gasteiger partial charge < -0.3 is 18.9 Å². The van der Waals surface area contributed by atoms with Crippen LogP contribution >= 0.6 is 15.9 Å². The molecule has 8 heteroatoms. The van der Waals surface area contributed by atoms with Gasteiger partial charge >= 0.3 is 5.91 Å². The van der Waals surface area contributed by atoms with E-state index in [0.29, 0.717) is 24.5 Å². The lowest BCUT2D eigenvalue weighted by molar-refractivity contribution is -0.133. The minimum Gasteiger partial charge on any atom is -0.493 e. The third-order valence-corrected chi connectivity index (χ3v) is 5.38. The summed E-state index contributed by atoms with van der Waals surface area (Å²) in [6.07, 6.45) is 1.31. The number of hydrogen-bond acceptors (Lipinski definition) is 6. The predicted octanol–water partition coefficient (Wildman–Crippen LogP) is 3.99. The Bertz CT molecular complexity index is 1000. The standard InChI is InChI=1S/C21H19BrN2O5/c1-26-17-8-7-13(11-18(17)27-2)16-9-10-24(23-16)20(25)19-12-28-21(29-19)14-5-3-4-6-15(14)22/h3-8,11-12,21H,9-10H2,1-2H3. The van der Waals surface area contributed by atoms with Gasteiger partial charge in [0.1, 0.15) is 6.26 Å². The summed E-state index contributed by atoms with van der Waals surface area (Å²) >= 11 is 3.47. The molecule has 0 fully saturated rings. The van der Waals surface area contributed by atoms with E-state index in [4.69, 9.17) is 18.9 Å². The average Bonchev–Trinajstić information content (AvgIpc) is 3.43. The zero-order chi connectivity index (χ0) is 20.4. The van der Waals surface area contributed by atoms with Gasteiger partial charge in [-0.25, -0.2) is 5.01 Å². The number of ether oxygens (including phenoxy) is 4. The van der Waals surface area contributed by atoms with Gasteiger partial charge in [-0.3, -0.25) is 4.79 Å². The number of halogens is 1. The molecule has 29 heavy (non-hydrogen) atoms. The first-order valence-corrected chi connectivity index (χ1v) is 9.78. The molecule has 1 atom stereocenters. The molecule has 4 rings (SSSR count). The summed E-state index contributed by atoms with van der Waals surface area (Å²) in [5.41, 5.74) is 2.48. The van der Waals surface area contributed by atoms with Gasteiger partial charge in [-0.1, -0.05) is 34.1 Å². The van der Waals surface area contributed by atoms with Crippen molar-refractivity contribution in [3.8, 4) is 11.5 Å². The highest BCUT2D eigenvalue weighted by Gasteiger charge is 2.32. The molecule has 0 radical (unpaired) electrons. The molecule has 0 bridgehead atoms. The Balaban J connectivity index is 1.47. The van der Waals surface area contributed by atoms with Crippen LogP contribution in [0.5, 0.6) is 11.5 Å². The van der Waals surface area contributed by atoms with Crippen LogP contribution in [0.25, 0.3) is 0 Å². The van der Waals surface area contributed by atoms with E-state index < -0.39 is 6.29 Å². The highest BCUT2D eigenvalue weighted by molar-refractivity contribution is 9.10. The number of benzene rings is 2. The Hall–Kier alpha value is -3.00. The van der Waals surface area contributed by atoms with Crippen molar-refractivity contribution in [1.82, 2.24) is 5.01 Å². The predicted molar refractivity (Wildman–Crippen MR) is 110 cm³/mol. The van der Waals surface area contributed by atoms with Crippen LogP contribution in [0.1, 0.15) is 23.8 Å². The van der Waals surface area contributed by atoms with Gasteiger partial charge in [-0.2, -0.15) is 5.10 Å². The van der Waals surface area contributed by atoms with Crippen LogP contribution in [0.4, 0.5) is 0 Å². The second-order valence-electron chi connectivity index (χ2n) is 6.38. The molecule has 150 valence electrons. The maximum absolute atomic E-state index is 12.8. The van der Waals surface area contributed by atoms with Crippen LogP contribution in [0.2, 0.25) is 0 Å². The topological polar surface area (TPSA) is 69.6 Å². The first-order valence-electron chi connectivity index (χ1n) is 8.99. The smallest absolute Gasteiger partial charge is 0.312 e. The summed E-state index contributed by atoms with van der Waals surface area (Å²) in [6.45, 7) is 0.461. The average molecular weight is 459 g/mol. The van der Waals surface area contributed by atoms with E-state index in [1.165, 1.54) is 11.3 Å². The normalized spacial score (nSPS) is 17.9. The van der Waals surface area contributed by atoms with Gasteiger partial charge in [-0.15, -0.1) is 0 Å². The Morgan fingerprint density at radius 2 is 1.97 bits per heavy atom. The molecule has 2 aromatic carbocycles. The van der Waals surface area contributed by atoms with E-state index in [9.17, 15) is 4.79 Å². The Kier molecular flexibility index (Phi) is 5.44. The summed E-state index contributed by atoms with van der Waals surface area (Å²) in [6, 6.07) is 13.1. The van der Waals surface area contributed by atoms with Crippen LogP contribution in [0.3, 0.4) is 0 Å². The summed E-state index contributed by atoms with van der Waals surface area (Å²) in [7, 11) is 3.17. The largest absolute Gasteiger partial charge is 0.493 e. The fraction of sp³-hybridized carbons (Fsp3) is 0.238. The third kappa shape index (κ3) is 3.80. The molecule has 2 aliphatic heterocycles. The Labute approximate surface area is 176 Å². The van der Waals surface area contributed by atoms with E-state index in [-0.39, 0.29) is 11.7 Å². The molecule has 0 saturated carbocycles. The highest BCUT2D eigenvalue weighted by Crippen LogP contribution is 2.34. The molecule has 0 N–H and O–H groups in total. The van der Waals surface area contributed by atoms with Crippen LogP contribution in [0, 0.1) is 0 Å². The molecule has 2 aliphatic rings. The minimum atomic E-state index is -0.665. The molecule has 0 aliphatic carbocycles. The van der Waals surface area contributed by atoms with E-state index >= 15 is 0 Å². The number of hydrogen-bond donors (Lipinski definition) is 0. The number of carbonyl (C=O) groups is 1. The zero-order valence-electron chi connectivity index (χ0n) is 15.9. The first-order chi connectivity index (χ1) is 14.1. The van der Waals surface area contributed by atoms with E-state index in [1.54, 1.807) is 14.2 Å².